The Balaban J connectivity index is 1.69. The summed E-state index contributed by atoms with van der Waals surface area (Å²) in [6.07, 6.45) is 2.90. The fourth-order valence-corrected chi connectivity index (χ4v) is 2.93. The van der Waals surface area contributed by atoms with Crippen molar-refractivity contribution in [2.45, 2.75) is 6.61 Å². The van der Waals surface area contributed by atoms with Gasteiger partial charge in [0.2, 0.25) is 0 Å². The van der Waals surface area contributed by atoms with Gasteiger partial charge in [0, 0.05) is 17.2 Å². The third-order valence-corrected chi connectivity index (χ3v) is 4.52. The van der Waals surface area contributed by atoms with E-state index in [-0.39, 0.29) is 22.9 Å². The zero-order chi connectivity index (χ0) is 20.9. The molecule has 0 saturated carbocycles. The van der Waals surface area contributed by atoms with E-state index < -0.39 is 11.8 Å². The van der Waals surface area contributed by atoms with Gasteiger partial charge in [0.15, 0.2) is 11.5 Å². The molecule has 0 saturated heterocycles. The maximum atomic E-state index is 14.0. The van der Waals surface area contributed by atoms with Crippen molar-refractivity contribution in [2.24, 2.45) is 0 Å². The number of tetrazole rings is 1. The molecule has 2 heterocycles. The van der Waals surface area contributed by atoms with Crippen LogP contribution in [-0.4, -0.2) is 26.2 Å². The van der Waals surface area contributed by atoms with Crippen LogP contribution in [0, 0.1) is 5.82 Å². The van der Waals surface area contributed by atoms with Gasteiger partial charge in [-0.1, -0.05) is 48.0 Å². The summed E-state index contributed by atoms with van der Waals surface area (Å²) in [5, 5.41) is 11.8. The molecule has 30 heavy (non-hydrogen) atoms. The molecule has 4 rings (SSSR count). The molecule has 150 valence electrons. The summed E-state index contributed by atoms with van der Waals surface area (Å²) in [5.41, 5.74) is 0.754. The number of ether oxygens (including phenoxy) is 1. The molecule has 0 bridgehead atoms. The lowest BCUT2D eigenvalue weighted by atomic mass is 10.2. The Morgan fingerprint density at radius 3 is 2.70 bits per heavy atom. The molecule has 9 heteroatoms. The van der Waals surface area contributed by atoms with Crippen molar-refractivity contribution in [3.05, 3.63) is 89.1 Å². The lowest BCUT2D eigenvalue weighted by Gasteiger charge is -2.11. The number of carbonyl (C=O) groups is 1. The number of esters is 1. The zero-order valence-electron chi connectivity index (χ0n) is 15.4. The summed E-state index contributed by atoms with van der Waals surface area (Å²) in [4.78, 5) is 12.9. The Hall–Kier alpha value is -3.78. The number of hydrogen-bond acceptors (Lipinski definition) is 6. The summed E-state index contributed by atoms with van der Waals surface area (Å²) >= 11 is 6.01. The Morgan fingerprint density at radius 2 is 1.97 bits per heavy atom. The van der Waals surface area contributed by atoms with Crippen LogP contribution >= 0.6 is 11.6 Å². The number of halogens is 2. The predicted molar refractivity (Wildman–Crippen MR) is 107 cm³/mol. The first-order valence-electron chi connectivity index (χ1n) is 8.83. The van der Waals surface area contributed by atoms with Gasteiger partial charge in [0.1, 0.15) is 18.2 Å². The minimum absolute atomic E-state index is 0.0127. The average molecular weight is 425 g/mol. The molecule has 7 nitrogen and oxygen atoms in total. The molecule has 0 aliphatic heterocycles. The summed E-state index contributed by atoms with van der Waals surface area (Å²) in [5.74, 6) is -0.635. The monoisotopic (exact) mass is 424 g/mol. The number of carbonyl (C=O) groups excluding carboxylic acids is 1. The van der Waals surface area contributed by atoms with E-state index in [0.29, 0.717) is 17.1 Å². The van der Waals surface area contributed by atoms with Gasteiger partial charge in [-0.25, -0.2) is 9.18 Å². The quantitative estimate of drug-likeness (QED) is 0.335. The molecule has 0 unspecified atom stereocenters. The minimum atomic E-state index is -0.782. The van der Waals surface area contributed by atoms with Crippen LogP contribution in [0.1, 0.15) is 11.3 Å². The van der Waals surface area contributed by atoms with Gasteiger partial charge in [-0.2, -0.15) is 4.68 Å². The second kappa shape index (κ2) is 8.71. The molecule has 0 N–H and O–H groups in total. The van der Waals surface area contributed by atoms with Crippen LogP contribution < -0.4 is 0 Å². The van der Waals surface area contributed by atoms with Crippen molar-refractivity contribution < 1.29 is 18.3 Å². The van der Waals surface area contributed by atoms with Crippen LogP contribution in [0.3, 0.4) is 0 Å². The molecule has 2 aromatic heterocycles. The maximum Gasteiger partial charge on any atom is 0.357 e. The van der Waals surface area contributed by atoms with E-state index in [1.165, 1.54) is 35.2 Å². The third kappa shape index (κ3) is 4.13. The lowest BCUT2D eigenvalue weighted by molar-refractivity contribution is -0.138. The topological polar surface area (TPSA) is 83.0 Å². The highest BCUT2D eigenvalue weighted by Gasteiger charge is 2.22. The predicted octanol–water partition coefficient (Wildman–Crippen LogP) is 4.47. The van der Waals surface area contributed by atoms with E-state index in [1.807, 2.05) is 18.2 Å². The highest BCUT2D eigenvalue weighted by Crippen LogP contribution is 2.23. The number of benzene rings is 2. The molecular weight excluding hydrogens is 411 g/mol. The van der Waals surface area contributed by atoms with Gasteiger partial charge in [-0.05, 0) is 34.7 Å². The standard InChI is InChI=1S/C21H14ClFN4O3/c22-17-9-4-10-18(23)16(17)13-30-21(28)19(12-15-8-5-11-29-15)27-20(24-25-26-27)14-6-2-1-3-7-14/h1-12H,13H2/b19-12-. The molecule has 0 atom stereocenters. The van der Waals surface area contributed by atoms with Crippen molar-refractivity contribution in [3.63, 3.8) is 0 Å². The van der Waals surface area contributed by atoms with Gasteiger partial charge in [0.05, 0.1) is 11.3 Å². The Kier molecular flexibility index (Phi) is 5.67. The highest BCUT2D eigenvalue weighted by molar-refractivity contribution is 6.31. The summed E-state index contributed by atoms with van der Waals surface area (Å²) in [6, 6.07) is 16.7. The second-order valence-electron chi connectivity index (χ2n) is 6.10. The molecule has 4 aromatic rings. The molecule has 0 radical (unpaired) electrons. The smallest absolute Gasteiger partial charge is 0.357 e. The van der Waals surface area contributed by atoms with Crippen molar-refractivity contribution in [1.29, 1.82) is 0 Å². The van der Waals surface area contributed by atoms with E-state index in [0.717, 1.165) is 0 Å². The fraction of sp³-hybridized carbons (Fsp3) is 0.0476. The number of rotatable bonds is 6. The molecule has 0 aliphatic carbocycles. The molecule has 0 fully saturated rings. The first-order valence-corrected chi connectivity index (χ1v) is 9.20. The van der Waals surface area contributed by atoms with E-state index in [9.17, 15) is 9.18 Å². The normalized spacial score (nSPS) is 11.5. The van der Waals surface area contributed by atoms with E-state index in [1.54, 1.807) is 24.3 Å². The van der Waals surface area contributed by atoms with Gasteiger partial charge in [-0.15, -0.1) is 5.10 Å². The van der Waals surface area contributed by atoms with Crippen LogP contribution in [0.4, 0.5) is 4.39 Å². The molecule has 2 aromatic carbocycles. The van der Waals surface area contributed by atoms with Crippen molar-refractivity contribution in [2.75, 3.05) is 0 Å². The van der Waals surface area contributed by atoms with Gasteiger partial charge in [0.25, 0.3) is 0 Å². The number of nitrogens with zero attached hydrogens (tertiary/aromatic N) is 4. The molecule has 0 aliphatic rings. The van der Waals surface area contributed by atoms with E-state index in [2.05, 4.69) is 15.5 Å². The summed E-state index contributed by atoms with van der Waals surface area (Å²) in [6.45, 7) is -0.359. The first kappa shape index (κ1) is 19.5. The van der Waals surface area contributed by atoms with Crippen molar-refractivity contribution >= 4 is 29.3 Å². The van der Waals surface area contributed by atoms with E-state index in [4.69, 9.17) is 20.8 Å². The van der Waals surface area contributed by atoms with E-state index >= 15 is 0 Å². The van der Waals surface area contributed by atoms with Crippen molar-refractivity contribution in [3.8, 4) is 11.4 Å². The van der Waals surface area contributed by atoms with Crippen LogP contribution in [0.15, 0.2) is 71.3 Å². The third-order valence-electron chi connectivity index (χ3n) is 4.17. The minimum Gasteiger partial charge on any atom is -0.465 e. The van der Waals surface area contributed by atoms with Crippen LogP contribution in [0.5, 0.6) is 0 Å². The molecule has 0 amide bonds. The Labute approximate surface area is 175 Å². The average Bonchev–Trinajstić information content (AvgIpc) is 3.44. The Morgan fingerprint density at radius 1 is 1.13 bits per heavy atom. The molecule has 0 spiro atoms. The number of aromatic nitrogens is 4. The van der Waals surface area contributed by atoms with Crippen LogP contribution in [0.25, 0.3) is 23.2 Å². The fourth-order valence-electron chi connectivity index (χ4n) is 2.71. The van der Waals surface area contributed by atoms with Crippen LogP contribution in [0.2, 0.25) is 5.02 Å². The maximum absolute atomic E-state index is 14.0. The zero-order valence-corrected chi connectivity index (χ0v) is 16.2. The number of hydrogen-bond donors (Lipinski definition) is 0. The summed E-state index contributed by atoms with van der Waals surface area (Å²) in [7, 11) is 0. The Bertz CT molecular complexity index is 1170. The van der Waals surface area contributed by atoms with Gasteiger partial charge < -0.3 is 9.15 Å². The first-order chi connectivity index (χ1) is 14.6. The second-order valence-corrected chi connectivity index (χ2v) is 6.51. The van der Waals surface area contributed by atoms with Crippen LogP contribution in [-0.2, 0) is 16.1 Å². The SMILES string of the molecule is O=C(OCc1c(F)cccc1Cl)/C(=C/c1ccco1)n1nnnc1-c1ccccc1. The molecular formula is C21H14ClFN4O3. The lowest BCUT2D eigenvalue weighted by Crippen LogP contribution is -2.15. The van der Waals surface area contributed by atoms with Gasteiger partial charge in [-0.3, -0.25) is 0 Å². The van der Waals surface area contributed by atoms with Gasteiger partial charge >= 0.3 is 5.97 Å². The van der Waals surface area contributed by atoms with Crippen molar-refractivity contribution in [1.82, 2.24) is 20.2 Å². The summed E-state index contributed by atoms with van der Waals surface area (Å²) < 4.78 is 25.9. The number of furan rings is 1. The largest absolute Gasteiger partial charge is 0.465 e. The highest BCUT2D eigenvalue weighted by atomic mass is 35.5.